The van der Waals surface area contributed by atoms with Crippen LogP contribution in [-0.4, -0.2) is 19.4 Å². The number of amides is 1. The normalized spacial score (nSPS) is 12.3. The first-order valence-corrected chi connectivity index (χ1v) is 7.32. The summed E-state index contributed by atoms with van der Waals surface area (Å²) in [6.45, 7) is 0.915. The molecule has 0 saturated heterocycles. The first kappa shape index (κ1) is 15.0. The van der Waals surface area contributed by atoms with Crippen molar-refractivity contribution in [3.05, 3.63) is 65.7 Å². The molecule has 5 nitrogen and oxygen atoms in total. The minimum Gasteiger partial charge on any atom is -0.454 e. The van der Waals surface area contributed by atoms with Crippen molar-refractivity contribution in [1.29, 1.82) is 0 Å². The molecule has 1 aliphatic rings. The van der Waals surface area contributed by atoms with E-state index in [0.717, 1.165) is 22.6 Å². The van der Waals surface area contributed by atoms with Gasteiger partial charge in [-0.25, -0.2) is 4.79 Å². The maximum atomic E-state index is 11.6. The van der Waals surface area contributed by atoms with E-state index in [0.29, 0.717) is 6.54 Å². The van der Waals surface area contributed by atoms with E-state index < -0.39 is 6.09 Å². The van der Waals surface area contributed by atoms with Gasteiger partial charge in [0.25, 0.3) is 0 Å². The third-order valence-electron chi connectivity index (χ3n) is 3.28. The highest BCUT2D eigenvalue weighted by atomic mass is 16.7. The molecular weight excluding hydrogens is 294 g/mol. The van der Waals surface area contributed by atoms with Gasteiger partial charge < -0.3 is 19.5 Å². The Kier molecular flexibility index (Phi) is 4.79. The number of alkyl carbamates (subject to hydrolysis) is 1. The van der Waals surface area contributed by atoms with Crippen LogP contribution in [0.25, 0.3) is 6.08 Å². The highest BCUT2D eigenvalue weighted by Gasteiger charge is 2.12. The van der Waals surface area contributed by atoms with Crippen LogP contribution in [0.2, 0.25) is 0 Å². The standard InChI is InChI=1S/C18H17NO4/c20-18(21-12-15-5-2-1-3-6-15)19-10-4-7-14-8-9-16-17(11-14)23-13-22-16/h1-9,11H,10,12-13H2,(H,19,20). The van der Waals surface area contributed by atoms with E-state index >= 15 is 0 Å². The molecule has 23 heavy (non-hydrogen) atoms. The topological polar surface area (TPSA) is 56.8 Å². The lowest BCUT2D eigenvalue weighted by molar-refractivity contribution is 0.141. The molecule has 0 radical (unpaired) electrons. The zero-order valence-electron chi connectivity index (χ0n) is 12.5. The van der Waals surface area contributed by atoms with Crippen molar-refractivity contribution in [1.82, 2.24) is 5.32 Å². The zero-order valence-corrected chi connectivity index (χ0v) is 12.5. The third-order valence-corrected chi connectivity index (χ3v) is 3.28. The Labute approximate surface area is 134 Å². The quantitative estimate of drug-likeness (QED) is 0.920. The number of rotatable bonds is 5. The molecule has 2 aromatic rings. The molecule has 118 valence electrons. The van der Waals surface area contributed by atoms with E-state index in [1.54, 1.807) is 0 Å². The summed E-state index contributed by atoms with van der Waals surface area (Å²) in [4.78, 5) is 11.6. The molecule has 5 heteroatoms. The van der Waals surface area contributed by atoms with Crippen LogP contribution >= 0.6 is 0 Å². The van der Waals surface area contributed by atoms with Crippen molar-refractivity contribution in [2.75, 3.05) is 13.3 Å². The fourth-order valence-corrected chi connectivity index (χ4v) is 2.13. The van der Waals surface area contributed by atoms with E-state index in [1.807, 2.05) is 60.7 Å². The third kappa shape index (κ3) is 4.26. The zero-order chi connectivity index (χ0) is 15.9. The van der Waals surface area contributed by atoms with Crippen LogP contribution in [0.3, 0.4) is 0 Å². The summed E-state index contributed by atoms with van der Waals surface area (Å²) in [5.74, 6) is 1.49. The summed E-state index contributed by atoms with van der Waals surface area (Å²) in [7, 11) is 0. The van der Waals surface area contributed by atoms with E-state index in [4.69, 9.17) is 14.2 Å². The Bertz CT molecular complexity index is 697. The summed E-state index contributed by atoms with van der Waals surface area (Å²) in [5.41, 5.74) is 1.94. The number of ether oxygens (including phenoxy) is 3. The average molecular weight is 311 g/mol. The summed E-state index contributed by atoms with van der Waals surface area (Å²) in [6, 6.07) is 15.2. The van der Waals surface area contributed by atoms with Crippen LogP contribution in [-0.2, 0) is 11.3 Å². The highest BCUT2D eigenvalue weighted by Crippen LogP contribution is 2.32. The maximum Gasteiger partial charge on any atom is 0.407 e. The molecule has 1 heterocycles. The molecule has 0 saturated carbocycles. The van der Waals surface area contributed by atoms with Crippen molar-refractivity contribution in [3.63, 3.8) is 0 Å². The molecule has 2 aromatic carbocycles. The number of benzene rings is 2. The van der Waals surface area contributed by atoms with Gasteiger partial charge in [-0.3, -0.25) is 0 Å². The smallest absolute Gasteiger partial charge is 0.407 e. The fraction of sp³-hybridized carbons (Fsp3) is 0.167. The molecule has 1 N–H and O–H groups in total. The number of hydrogen-bond acceptors (Lipinski definition) is 4. The van der Waals surface area contributed by atoms with E-state index in [9.17, 15) is 4.79 Å². The van der Waals surface area contributed by atoms with Gasteiger partial charge in [0.15, 0.2) is 11.5 Å². The molecular formula is C18H17NO4. The van der Waals surface area contributed by atoms with Gasteiger partial charge in [0.05, 0.1) is 0 Å². The lowest BCUT2D eigenvalue weighted by Gasteiger charge is -2.05. The average Bonchev–Trinajstić information content (AvgIpc) is 3.05. The SMILES string of the molecule is O=C(NCC=Cc1ccc2c(c1)OCO2)OCc1ccccc1. The Hall–Kier alpha value is -2.95. The Morgan fingerprint density at radius 3 is 2.83 bits per heavy atom. The predicted octanol–water partition coefficient (Wildman–Crippen LogP) is 3.35. The lowest BCUT2D eigenvalue weighted by atomic mass is 10.2. The van der Waals surface area contributed by atoms with Gasteiger partial charge >= 0.3 is 6.09 Å². The van der Waals surface area contributed by atoms with Crippen molar-refractivity contribution >= 4 is 12.2 Å². The number of carbonyl (C=O) groups excluding carboxylic acids is 1. The lowest BCUT2D eigenvalue weighted by Crippen LogP contribution is -2.24. The monoisotopic (exact) mass is 311 g/mol. The fourth-order valence-electron chi connectivity index (χ4n) is 2.13. The van der Waals surface area contributed by atoms with Crippen molar-refractivity contribution in [3.8, 4) is 11.5 Å². The van der Waals surface area contributed by atoms with Crippen LogP contribution in [0.15, 0.2) is 54.6 Å². The summed E-state index contributed by atoms with van der Waals surface area (Å²) in [5, 5.41) is 2.67. The number of nitrogens with one attached hydrogen (secondary N) is 1. The van der Waals surface area contributed by atoms with Gasteiger partial charge in [-0.15, -0.1) is 0 Å². The van der Waals surface area contributed by atoms with Crippen molar-refractivity contribution in [2.45, 2.75) is 6.61 Å². The second-order valence-electron chi connectivity index (χ2n) is 4.96. The van der Waals surface area contributed by atoms with E-state index in [1.165, 1.54) is 0 Å². The maximum absolute atomic E-state index is 11.6. The van der Waals surface area contributed by atoms with Crippen LogP contribution in [0.1, 0.15) is 11.1 Å². The Morgan fingerprint density at radius 2 is 1.96 bits per heavy atom. The molecule has 1 aliphatic heterocycles. The summed E-state index contributed by atoms with van der Waals surface area (Å²) in [6.07, 6.45) is 3.31. The molecule has 0 aromatic heterocycles. The second-order valence-corrected chi connectivity index (χ2v) is 4.96. The van der Waals surface area contributed by atoms with Gasteiger partial charge in [-0.2, -0.15) is 0 Å². The summed E-state index contributed by atoms with van der Waals surface area (Å²) >= 11 is 0. The molecule has 0 bridgehead atoms. The highest BCUT2D eigenvalue weighted by molar-refractivity contribution is 5.67. The molecule has 0 spiro atoms. The van der Waals surface area contributed by atoms with E-state index in [-0.39, 0.29) is 13.4 Å². The second kappa shape index (κ2) is 7.35. The van der Waals surface area contributed by atoms with Crippen LogP contribution in [0, 0.1) is 0 Å². The molecule has 0 aliphatic carbocycles. The first-order valence-electron chi connectivity index (χ1n) is 7.32. The van der Waals surface area contributed by atoms with Crippen LogP contribution < -0.4 is 14.8 Å². The summed E-state index contributed by atoms with van der Waals surface area (Å²) < 4.78 is 15.7. The van der Waals surface area contributed by atoms with Gasteiger partial charge in [-0.05, 0) is 23.3 Å². The Morgan fingerprint density at radius 1 is 1.13 bits per heavy atom. The van der Waals surface area contributed by atoms with Crippen LogP contribution in [0.4, 0.5) is 4.79 Å². The molecule has 0 atom stereocenters. The molecule has 1 amide bonds. The minimum atomic E-state index is -0.441. The van der Waals surface area contributed by atoms with Crippen LogP contribution in [0.5, 0.6) is 11.5 Å². The number of hydrogen-bond donors (Lipinski definition) is 1. The van der Waals surface area contributed by atoms with Gasteiger partial charge in [0, 0.05) is 6.54 Å². The molecule has 3 rings (SSSR count). The van der Waals surface area contributed by atoms with E-state index in [2.05, 4.69) is 5.32 Å². The first-order chi connectivity index (χ1) is 11.3. The predicted molar refractivity (Wildman–Crippen MR) is 86.2 cm³/mol. The number of carbonyl (C=O) groups is 1. The largest absolute Gasteiger partial charge is 0.454 e. The molecule has 0 unspecified atom stereocenters. The molecule has 0 fully saturated rings. The Balaban J connectivity index is 1.41. The number of fused-ring (bicyclic) bond motifs is 1. The van der Waals surface area contributed by atoms with Crippen molar-refractivity contribution in [2.24, 2.45) is 0 Å². The minimum absolute atomic E-state index is 0.261. The van der Waals surface area contributed by atoms with Crippen molar-refractivity contribution < 1.29 is 19.0 Å². The van der Waals surface area contributed by atoms with Gasteiger partial charge in [0.2, 0.25) is 6.79 Å². The van der Waals surface area contributed by atoms with Gasteiger partial charge in [-0.1, -0.05) is 48.6 Å². The van der Waals surface area contributed by atoms with Gasteiger partial charge in [0.1, 0.15) is 6.61 Å².